The van der Waals surface area contributed by atoms with E-state index in [1.807, 2.05) is 0 Å². The van der Waals surface area contributed by atoms with Crippen LogP contribution in [0.5, 0.6) is 0 Å². The molecule has 0 aromatic carbocycles. The molecule has 3 heterocycles. The van der Waals surface area contributed by atoms with Gasteiger partial charge in [0.05, 0.1) is 19.5 Å². The van der Waals surface area contributed by atoms with E-state index in [0.29, 0.717) is 5.75 Å². The van der Waals surface area contributed by atoms with E-state index < -0.39 is 84.6 Å². The number of aliphatic hydroxyl groups is 2. The van der Waals surface area contributed by atoms with Gasteiger partial charge in [-0.3, -0.25) is 32.5 Å². The van der Waals surface area contributed by atoms with Gasteiger partial charge in [0.25, 0.3) is 0 Å². The molecule has 7 unspecified atom stereocenters. The lowest BCUT2D eigenvalue weighted by Crippen LogP contribution is -2.46. The third-order valence-corrected chi connectivity index (χ3v) is 11.5. The Morgan fingerprint density at radius 2 is 1.72 bits per heavy atom. The van der Waals surface area contributed by atoms with Crippen molar-refractivity contribution in [2.24, 2.45) is 11.3 Å². The van der Waals surface area contributed by atoms with E-state index in [1.165, 1.54) is 13.8 Å². The number of anilines is 1. The molecule has 2 amide bonds. The molecule has 24 nitrogen and oxygen atoms in total. The molecular weight excluding hydrogens is 795 g/mol. The molecule has 1 saturated heterocycles. The highest BCUT2D eigenvalue weighted by atomic mass is 32.2. The van der Waals surface area contributed by atoms with Crippen LogP contribution in [0.3, 0.4) is 0 Å². The molecule has 0 radical (unpaired) electrons. The molecule has 0 aliphatic carbocycles. The average molecular weight is 838 g/mol. The first-order valence-corrected chi connectivity index (χ1v) is 21.0. The van der Waals surface area contributed by atoms with Crippen LogP contribution in [0, 0.1) is 11.3 Å². The average Bonchev–Trinajstić information content (AvgIpc) is 3.60. The van der Waals surface area contributed by atoms with Crippen molar-refractivity contribution in [3.05, 3.63) is 12.7 Å². The first-order chi connectivity index (χ1) is 24.4. The number of aliphatic hydroxyl groups excluding tert-OH is 2. The van der Waals surface area contributed by atoms with Gasteiger partial charge in [-0.25, -0.2) is 28.6 Å². The zero-order chi connectivity index (χ0) is 39.9. The summed E-state index contributed by atoms with van der Waals surface area (Å²) in [5.41, 5.74) is 4.26. The van der Waals surface area contributed by atoms with Crippen LogP contribution in [0.4, 0.5) is 5.82 Å². The first-order valence-electron chi connectivity index (χ1n) is 15.5. The highest BCUT2D eigenvalue weighted by molar-refractivity contribution is 8.13. The van der Waals surface area contributed by atoms with E-state index in [0.717, 1.165) is 29.0 Å². The van der Waals surface area contributed by atoms with Crippen LogP contribution in [0.1, 0.15) is 40.3 Å². The number of phosphoric acid groups is 3. The smallest absolute Gasteiger partial charge is 0.386 e. The van der Waals surface area contributed by atoms with Crippen molar-refractivity contribution >= 4 is 69.1 Å². The molecular formula is C25H42N7O17P3S. The fourth-order valence-corrected chi connectivity index (χ4v) is 8.02. The summed E-state index contributed by atoms with van der Waals surface area (Å²) in [6.45, 7) is 4.03. The zero-order valence-corrected chi connectivity index (χ0v) is 32.2. The molecule has 1 aliphatic rings. The molecule has 28 heteroatoms. The topological polar surface area (TPSA) is 364 Å². The number of fused-ring (bicyclic) bond motifs is 1. The summed E-state index contributed by atoms with van der Waals surface area (Å²) in [6, 6.07) is 0. The van der Waals surface area contributed by atoms with Crippen LogP contribution >= 0.6 is 35.2 Å². The lowest BCUT2D eigenvalue weighted by Gasteiger charge is -2.30. The van der Waals surface area contributed by atoms with Gasteiger partial charge in [-0.1, -0.05) is 39.5 Å². The molecule has 10 N–H and O–H groups in total. The molecule has 1 fully saturated rings. The first kappa shape index (κ1) is 45.0. The Kier molecular flexibility index (Phi) is 15.7. The van der Waals surface area contributed by atoms with Gasteiger partial charge in [0.1, 0.15) is 36.3 Å². The van der Waals surface area contributed by atoms with Crippen LogP contribution < -0.4 is 16.4 Å². The van der Waals surface area contributed by atoms with Crippen LogP contribution in [-0.2, 0) is 50.7 Å². The Balaban J connectivity index is 1.52. The number of carbonyl (C=O) groups excluding carboxylic acids is 3. The standard InChI is InChI=1S/C25H42N7O17P3S/c1-13(2)24(37)53-8-7-27-15(33)5-6-28-22(36)19(35)25(3,4)10-46-52(43,44)49-51(41,42)45-9-14-18(48-50(38,39)40)17(34)23(47-14)32-12-31-16-20(26)29-11-30-21(16)32/h11-14,17-19,23,34-35H,5-10H2,1-4H3,(H,27,33)(H,28,36)(H,41,42)(H,43,44)(H2,26,29,30)(H2,38,39,40). The number of nitrogen functional groups attached to an aromatic ring is 1. The number of phosphoric ester groups is 3. The number of nitrogens with two attached hydrogens (primary N) is 1. The van der Waals surface area contributed by atoms with Gasteiger partial charge in [-0.05, 0) is 0 Å². The molecule has 53 heavy (non-hydrogen) atoms. The summed E-state index contributed by atoms with van der Waals surface area (Å²) in [5.74, 6) is -1.22. The van der Waals surface area contributed by atoms with E-state index in [2.05, 4.69) is 34.4 Å². The van der Waals surface area contributed by atoms with Crippen molar-refractivity contribution in [1.29, 1.82) is 0 Å². The van der Waals surface area contributed by atoms with Crippen molar-refractivity contribution in [3.63, 3.8) is 0 Å². The number of aromatic nitrogens is 4. The minimum absolute atomic E-state index is 0.0174. The molecule has 3 rings (SSSR count). The number of imidazole rings is 1. The largest absolute Gasteiger partial charge is 0.481 e. The van der Waals surface area contributed by atoms with Gasteiger partial charge in [-0.15, -0.1) is 0 Å². The lowest BCUT2D eigenvalue weighted by molar-refractivity contribution is -0.137. The molecule has 2 aromatic rings. The van der Waals surface area contributed by atoms with Gasteiger partial charge in [0, 0.05) is 36.6 Å². The molecule has 0 bridgehead atoms. The highest BCUT2D eigenvalue weighted by Crippen LogP contribution is 2.61. The number of nitrogens with one attached hydrogen (secondary N) is 2. The third kappa shape index (κ3) is 13.4. The minimum Gasteiger partial charge on any atom is -0.386 e. The van der Waals surface area contributed by atoms with Crippen molar-refractivity contribution < 1.29 is 80.5 Å². The fraction of sp³-hybridized carbons (Fsp3) is 0.680. The second-order valence-corrected chi connectivity index (χ2v) is 17.7. The highest BCUT2D eigenvalue weighted by Gasteiger charge is 2.50. The Morgan fingerprint density at radius 1 is 1.06 bits per heavy atom. The third-order valence-electron chi connectivity index (χ3n) is 7.22. The number of hydrogen-bond donors (Lipinski definition) is 9. The van der Waals surface area contributed by atoms with Gasteiger partial charge >= 0.3 is 23.5 Å². The predicted octanol–water partition coefficient (Wildman–Crippen LogP) is -0.679. The maximum atomic E-state index is 12.6. The SMILES string of the molecule is CC(C)C(=O)SCCNC(=O)CCNC(=O)C(O)C(C)(C)COP(=O)(O)OP(=O)(O)OCC1OC(n2cnc3c(N)ncnc32)C(O)C1OP(=O)(O)O. The molecule has 0 saturated carbocycles. The monoisotopic (exact) mass is 837 g/mol. The fourth-order valence-electron chi connectivity index (χ4n) is 4.45. The summed E-state index contributed by atoms with van der Waals surface area (Å²) in [4.78, 5) is 86.9. The van der Waals surface area contributed by atoms with Crippen molar-refractivity contribution in [3.8, 4) is 0 Å². The van der Waals surface area contributed by atoms with Crippen molar-refractivity contribution in [1.82, 2.24) is 30.2 Å². The molecule has 1 aliphatic heterocycles. The molecule has 7 atom stereocenters. The predicted molar refractivity (Wildman–Crippen MR) is 182 cm³/mol. The number of nitrogens with zero attached hydrogens (tertiary/aromatic N) is 4. The number of amides is 2. The van der Waals surface area contributed by atoms with Crippen molar-refractivity contribution in [2.45, 2.75) is 64.8 Å². The number of carbonyl (C=O) groups is 3. The van der Waals surface area contributed by atoms with Crippen LogP contribution in [0.25, 0.3) is 11.2 Å². The van der Waals surface area contributed by atoms with E-state index in [9.17, 15) is 57.9 Å². The van der Waals surface area contributed by atoms with E-state index in [4.69, 9.17) is 19.5 Å². The van der Waals surface area contributed by atoms with E-state index in [-0.39, 0.29) is 47.5 Å². The molecule has 2 aromatic heterocycles. The second-order valence-electron chi connectivity index (χ2n) is 12.4. The maximum Gasteiger partial charge on any atom is 0.481 e. The van der Waals surface area contributed by atoms with Crippen molar-refractivity contribution in [2.75, 3.05) is 37.8 Å². The Bertz CT molecular complexity index is 1760. The lowest BCUT2D eigenvalue weighted by atomic mass is 9.87. The number of rotatable bonds is 20. The summed E-state index contributed by atoms with van der Waals surface area (Å²) in [7, 11) is -16.4. The Labute approximate surface area is 306 Å². The van der Waals surface area contributed by atoms with Gasteiger partial charge < -0.3 is 50.9 Å². The van der Waals surface area contributed by atoms with Gasteiger partial charge in [-0.2, -0.15) is 4.31 Å². The van der Waals surface area contributed by atoms with Gasteiger partial charge in [0.2, 0.25) is 11.8 Å². The van der Waals surface area contributed by atoms with E-state index in [1.54, 1.807) is 13.8 Å². The molecule has 300 valence electrons. The maximum absolute atomic E-state index is 12.6. The normalized spacial score (nSPS) is 22.3. The van der Waals surface area contributed by atoms with Crippen LogP contribution in [0.15, 0.2) is 12.7 Å². The number of hydrogen-bond acceptors (Lipinski definition) is 18. The molecule has 0 spiro atoms. The Morgan fingerprint density at radius 3 is 2.36 bits per heavy atom. The summed E-state index contributed by atoms with van der Waals surface area (Å²) in [5, 5.41) is 26.3. The summed E-state index contributed by atoms with van der Waals surface area (Å²) >= 11 is 1.08. The van der Waals surface area contributed by atoms with Crippen LogP contribution in [0.2, 0.25) is 0 Å². The second kappa shape index (κ2) is 18.5. The summed E-state index contributed by atoms with van der Waals surface area (Å²) < 4.78 is 61.9. The minimum atomic E-state index is -5.56. The zero-order valence-electron chi connectivity index (χ0n) is 28.7. The van der Waals surface area contributed by atoms with Gasteiger partial charge in [0.15, 0.2) is 22.8 Å². The van der Waals surface area contributed by atoms with E-state index >= 15 is 0 Å². The number of thioether (sulfide) groups is 1. The van der Waals surface area contributed by atoms with Crippen LogP contribution in [-0.4, -0.2) is 123 Å². The summed E-state index contributed by atoms with van der Waals surface area (Å²) in [6.07, 6.45) is -6.89. The quantitative estimate of drug-likeness (QED) is 0.0589. The number of ether oxygens (including phenoxy) is 1. The Hall–Kier alpha value is -2.44.